The summed E-state index contributed by atoms with van der Waals surface area (Å²) < 4.78 is 0. The predicted octanol–water partition coefficient (Wildman–Crippen LogP) is 2.42. The lowest BCUT2D eigenvalue weighted by Crippen LogP contribution is -2.38. The summed E-state index contributed by atoms with van der Waals surface area (Å²) in [6.07, 6.45) is 6.91. The van der Waals surface area contributed by atoms with Gasteiger partial charge in [0.2, 0.25) is 0 Å². The Labute approximate surface area is 135 Å². The largest absolute Gasteiger partial charge is 0.396 e. The van der Waals surface area contributed by atoms with Crippen molar-refractivity contribution in [2.75, 3.05) is 6.61 Å². The van der Waals surface area contributed by atoms with E-state index in [-0.39, 0.29) is 18.6 Å². The van der Waals surface area contributed by atoms with E-state index >= 15 is 0 Å². The van der Waals surface area contributed by atoms with Crippen LogP contribution in [0.25, 0.3) is 11.4 Å². The van der Waals surface area contributed by atoms with Gasteiger partial charge in [0.05, 0.1) is 5.56 Å². The van der Waals surface area contributed by atoms with Crippen molar-refractivity contribution >= 4 is 5.91 Å². The third-order valence-corrected chi connectivity index (χ3v) is 4.39. The molecule has 5 heteroatoms. The van der Waals surface area contributed by atoms with E-state index in [2.05, 4.69) is 15.3 Å². The number of carbonyl (C=O) groups excluding carboxylic acids is 1. The van der Waals surface area contributed by atoms with Gasteiger partial charge in [-0.25, -0.2) is 9.97 Å². The Balaban J connectivity index is 1.60. The van der Waals surface area contributed by atoms with Crippen molar-refractivity contribution in [3.8, 4) is 11.4 Å². The van der Waals surface area contributed by atoms with Gasteiger partial charge >= 0.3 is 0 Å². The second kappa shape index (κ2) is 7.33. The van der Waals surface area contributed by atoms with Gasteiger partial charge in [-0.2, -0.15) is 0 Å². The number of benzene rings is 1. The van der Waals surface area contributed by atoms with E-state index in [0.717, 1.165) is 31.2 Å². The fourth-order valence-electron chi connectivity index (χ4n) is 2.94. The zero-order valence-electron chi connectivity index (χ0n) is 13.0. The molecule has 0 bridgehead atoms. The number of rotatable bonds is 4. The first-order valence-corrected chi connectivity index (χ1v) is 8.05. The number of nitrogens with one attached hydrogen (secondary N) is 1. The Morgan fingerprint density at radius 3 is 2.35 bits per heavy atom. The molecule has 5 nitrogen and oxygen atoms in total. The Morgan fingerprint density at radius 1 is 1.09 bits per heavy atom. The zero-order valence-corrected chi connectivity index (χ0v) is 13.0. The zero-order chi connectivity index (χ0) is 16.1. The third kappa shape index (κ3) is 3.93. The highest BCUT2D eigenvalue weighted by atomic mass is 16.3. The lowest BCUT2D eigenvalue weighted by Gasteiger charge is -2.27. The average molecular weight is 311 g/mol. The van der Waals surface area contributed by atoms with Gasteiger partial charge in [0, 0.05) is 30.6 Å². The van der Waals surface area contributed by atoms with E-state index in [1.165, 1.54) is 0 Å². The maximum Gasteiger partial charge on any atom is 0.254 e. The second-order valence-corrected chi connectivity index (χ2v) is 6.04. The molecule has 3 rings (SSSR count). The summed E-state index contributed by atoms with van der Waals surface area (Å²) in [6.45, 7) is 0.245. The van der Waals surface area contributed by atoms with Crippen LogP contribution >= 0.6 is 0 Å². The Hall–Kier alpha value is -2.27. The van der Waals surface area contributed by atoms with E-state index in [1.807, 2.05) is 30.3 Å². The number of hydrogen-bond donors (Lipinski definition) is 2. The van der Waals surface area contributed by atoms with Crippen molar-refractivity contribution in [2.24, 2.45) is 5.92 Å². The lowest BCUT2D eigenvalue weighted by atomic mass is 9.86. The number of hydrogen-bond acceptors (Lipinski definition) is 4. The molecule has 1 fully saturated rings. The van der Waals surface area contributed by atoms with E-state index in [4.69, 9.17) is 5.11 Å². The molecule has 0 unspecified atom stereocenters. The summed E-state index contributed by atoms with van der Waals surface area (Å²) in [7, 11) is 0. The first-order chi connectivity index (χ1) is 11.3. The second-order valence-electron chi connectivity index (χ2n) is 6.04. The van der Waals surface area contributed by atoms with Crippen LogP contribution in [0.2, 0.25) is 0 Å². The molecule has 0 spiro atoms. The van der Waals surface area contributed by atoms with E-state index in [0.29, 0.717) is 17.3 Å². The van der Waals surface area contributed by atoms with Crippen molar-refractivity contribution in [1.29, 1.82) is 0 Å². The van der Waals surface area contributed by atoms with Crippen LogP contribution in [-0.2, 0) is 0 Å². The van der Waals surface area contributed by atoms with Gasteiger partial charge in [-0.15, -0.1) is 0 Å². The molecule has 1 aliphatic carbocycles. The molecule has 0 saturated heterocycles. The lowest BCUT2D eigenvalue weighted by molar-refractivity contribution is 0.0913. The van der Waals surface area contributed by atoms with Crippen LogP contribution in [0.4, 0.5) is 0 Å². The van der Waals surface area contributed by atoms with Gasteiger partial charge in [0.15, 0.2) is 5.82 Å². The highest BCUT2D eigenvalue weighted by Gasteiger charge is 2.22. The minimum Gasteiger partial charge on any atom is -0.396 e. The van der Waals surface area contributed by atoms with Crippen LogP contribution in [0.3, 0.4) is 0 Å². The average Bonchev–Trinajstić information content (AvgIpc) is 2.63. The molecule has 2 N–H and O–H groups in total. The van der Waals surface area contributed by atoms with E-state index < -0.39 is 0 Å². The van der Waals surface area contributed by atoms with Crippen molar-refractivity contribution in [2.45, 2.75) is 31.7 Å². The number of aliphatic hydroxyl groups is 1. The molecule has 1 aromatic heterocycles. The van der Waals surface area contributed by atoms with Gasteiger partial charge in [-0.05, 0) is 31.6 Å². The van der Waals surface area contributed by atoms with Crippen molar-refractivity contribution < 1.29 is 9.90 Å². The van der Waals surface area contributed by atoms with Crippen molar-refractivity contribution in [3.63, 3.8) is 0 Å². The molecule has 1 saturated carbocycles. The van der Waals surface area contributed by atoms with Crippen LogP contribution in [-0.4, -0.2) is 33.6 Å². The molecule has 1 aliphatic rings. The fraction of sp³-hybridized carbons (Fsp3) is 0.389. The maximum atomic E-state index is 12.3. The molecule has 1 amide bonds. The van der Waals surface area contributed by atoms with E-state index in [9.17, 15) is 4.79 Å². The molecule has 0 atom stereocenters. The van der Waals surface area contributed by atoms with Crippen LogP contribution in [0, 0.1) is 5.92 Å². The van der Waals surface area contributed by atoms with Gasteiger partial charge in [0.25, 0.3) is 5.91 Å². The molecule has 0 radical (unpaired) electrons. The minimum atomic E-state index is -0.128. The van der Waals surface area contributed by atoms with Gasteiger partial charge in [-0.3, -0.25) is 4.79 Å². The van der Waals surface area contributed by atoms with Crippen molar-refractivity contribution in [3.05, 3.63) is 48.3 Å². The topological polar surface area (TPSA) is 75.1 Å². The number of amides is 1. The van der Waals surface area contributed by atoms with Crippen LogP contribution in [0.1, 0.15) is 36.0 Å². The van der Waals surface area contributed by atoms with Crippen LogP contribution in [0.15, 0.2) is 42.7 Å². The van der Waals surface area contributed by atoms with Gasteiger partial charge < -0.3 is 10.4 Å². The molecule has 23 heavy (non-hydrogen) atoms. The Bertz CT molecular complexity index is 635. The Morgan fingerprint density at radius 2 is 1.74 bits per heavy atom. The first kappa shape index (κ1) is 15.6. The van der Waals surface area contributed by atoms with Gasteiger partial charge in [0.1, 0.15) is 0 Å². The molecular formula is C18H21N3O2. The molecular weight excluding hydrogens is 290 g/mol. The SMILES string of the molecule is O=C(NC1CCC(CO)CC1)c1cnc(-c2ccccc2)nc1. The summed E-state index contributed by atoms with van der Waals surface area (Å²) in [6, 6.07) is 9.86. The van der Waals surface area contributed by atoms with Gasteiger partial charge in [-0.1, -0.05) is 30.3 Å². The third-order valence-electron chi connectivity index (χ3n) is 4.39. The highest BCUT2D eigenvalue weighted by Crippen LogP contribution is 2.24. The minimum absolute atomic E-state index is 0.128. The summed E-state index contributed by atoms with van der Waals surface area (Å²) in [4.78, 5) is 20.8. The summed E-state index contributed by atoms with van der Waals surface area (Å²) in [5.74, 6) is 0.874. The normalized spacial score (nSPS) is 20.9. The maximum absolute atomic E-state index is 12.3. The number of aliphatic hydroxyl groups excluding tert-OH is 1. The standard InChI is InChI=1S/C18H21N3O2/c22-12-13-6-8-16(9-7-13)21-18(23)15-10-19-17(20-11-15)14-4-2-1-3-5-14/h1-5,10-11,13,16,22H,6-9,12H2,(H,21,23). The summed E-state index contributed by atoms with van der Waals surface area (Å²) in [5.41, 5.74) is 1.41. The predicted molar refractivity (Wildman–Crippen MR) is 87.8 cm³/mol. The quantitative estimate of drug-likeness (QED) is 0.909. The molecule has 1 aromatic carbocycles. The van der Waals surface area contributed by atoms with E-state index in [1.54, 1.807) is 12.4 Å². The molecule has 2 aromatic rings. The summed E-state index contributed by atoms with van der Waals surface area (Å²) in [5, 5.41) is 12.2. The highest BCUT2D eigenvalue weighted by molar-refractivity contribution is 5.93. The summed E-state index contributed by atoms with van der Waals surface area (Å²) >= 11 is 0. The molecule has 120 valence electrons. The first-order valence-electron chi connectivity index (χ1n) is 8.05. The number of nitrogens with zero attached hydrogens (tertiary/aromatic N) is 2. The molecule has 0 aliphatic heterocycles. The van der Waals surface area contributed by atoms with Crippen molar-refractivity contribution in [1.82, 2.24) is 15.3 Å². The number of carbonyl (C=O) groups is 1. The fourth-order valence-corrected chi connectivity index (χ4v) is 2.94. The monoisotopic (exact) mass is 311 g/mol. The van der Waals surface area contributed by atoms with Crippen LogP contribution < -0.4 is 5.32 Å². The molecule has 1 heterocycles. The Kier molecular flexibility index (Phi) is 4.98. The van der Waals surface area contributed by atoms with Crippen LogP contribution in [0.5, 0.6) is 0 Å². The smallest absolute Gasteiger partial charge is 0.254 e. The number of aromatic nitrogens is 2.